The summed E-state index contributed by atoms with van der Waals surface area (Å²) >= 11 is 0. The molecule has 0 aliphatic heterocycles. The monoisotopic (exact) mass is 206 g/mol. The summed E-state index contributed by atoms with van der Waals surface area (Å²) in [5, 5.41) is 9.37. The molecule has 0 bridgehead atoms. The molecule has 0 fully saturated rings. The molecule has 0 aromatic rings. The molecule has 0 atom stereocenters. The molecule has 0 aromatic carbocycles. The summed E-state index contributed by atoms with van der Waals surface area (Å²) in [6.45, 7) is 6.12. The lowest BCUT2D eigenvalue weighted by molar-refractivity contribution is 0.389. The third kappa shape index (κ3) is 7.80. The van der Waals surface area contributed by atoms with Gasteiger partial charge in [0, 0.05) is 6.42 Å². The van der Waals surface area contributed by atoms with Crippen LogP contribution in [0.25, 0.3) is 0 Å². The molecule has 1 nitrogen and oxygen atoms in total. The van der Waals surface area contributed by atoms with E-state index in [1.807, 2.05) is 32.1 Å². The molecule has 0 saturated carbocycles. The first-order valence-corrected chi connectivity index (χ1v) is 5.66. The molecule has 0 spiro atoms. The van der Waals surface area contributed by atoms with Crippen molar-refractivity contribution in [1.82, 2.24) is 0 Å². The maximum atomic E-state index is 9.37. The Morgan fingerprint density at radius 1 is 1.13 bits per heavy atom. The average molecular weight is 206 g/mol. The molecule has 15 heavy (non-hydrogen) atoms. The van der Waals surface area contributed by atoms with Crippen LogP contribution < -0.4 is 0 Å². The molecule has 84 valence electrons. The third-order valence-electron chi connectivity index (χ3n) is 1.98. The van der Waals surface area contributed by atoms with Crippen LogP contribution >= 0.6 is 0 Å². The summed E-state index contributed by atoms with van der Waals surface area (Å²) in [7, 11) is 0. The lowest BCUT2D eigenvalue weighted by Gasteiger charge is -1.96. The lowest BCUT2D eigenvalue weighted by Crippen LogP contribution is -1.80. The van der Waals surface area contributed by atoms with Gasteiger partial charge in [-0.15, -0.1) is 0 Å². The van der Waals surface area contributed by atoms with E-state index in [0.29, 0.717) is 5.76 Å². The Bertz CT molecular complexity index is 267. The molecule has 1 aliphatic rings. The first-order chi connectivity index (χ1) is 7.29. The predicted molar refractivity (Wildman–Crippen MR) is 67.9 cm³/mol. The second-order valence-electron chi connectivity index (χ2n) is 3.26. The number of rotatable bonds is 0. The van der Waals surface area contributed by atoms with E-state index in [2.05, 4.69) is 19.1 Å². The van der Waals surface area contributed by atoms with Crippen molar-refractivity contribution in [2.24, 2.45) is 0 Å². The van der Waals surface area contributed by atoms with Gasteiger partial charge in [-0.2, -0.15) is 0 Å². The number of aliphatic hydroxyl groups excluding tert-OH is 1. The van der Waals surface area contributed by atoms with Crippen LogP contribution in [0.2, 0.25) is 0 Å². The van der Waals surface area contributed by atoms with E-state index in [9.17, 15) is 5.11 Å². The van der Waals surface area contributed by atoms with E-state index in [-0.39, 0.29) is 0 Å². The van der Waals surface area contributed by atoms with Gasteiger partial charge >= 0.3 is 0 Å². The van der Waals surface area contributed by atoms with Crippen molar-refractivity contribution in [3.8, 4) is 0 Å². The van der Waals surface area contributed by atoms with Gasteiger partial charge < -0.3 is 5.11 Å². The molecule has 0 amide bonds. The minimum absolute atomic E-state index is 0.454. The second kappa shape index (κ2) is 9.32. The smallest absolute Gasteiger partial charge is 0.0925 e. The van der Waals surface area contributed by atoms with Crippen LogP contribution in [0.4, 0.5) is 0 Å². The van der Waals surface area contributed by atoms with E-state index < -0.39 is 0 Å². The van der Waals surface area contributed by atoms with Crippen molar-refractivity contribution in [3.05, 3.63) is 47.8 Å². The quantitative estimate of drug-likeness (QED) is 0.570. The number of hydrogen-bond donors (Lipinski definition) is 1. The molecule has 1 N–H and O–H groups in total. The minimum Gasteiger partial charge on any atom is -0.512 e. The zero-order chi connectivity index (χ0) is 11.5. The Balaban J connectivity index is 0.000000921. The van der Waals surface area contributed by atoms with Crippen LogP contribution in [0, 0.1) is 0 Å². The summed E-state index contributed by atoms with van der Waals surface area (Å²) in [6.07, 6.45) is 14.5. The van der Waals surface area contributed by atoms with Crippen LogP contribution in [0.1, 0.15) is 40.0 Å². The molecule has 1 aliphatic carbocycles. The van der Waals surface area contributed by atoms with Gasteiger partial charge in [-0.1, -0.05) is 49.8 Å². The first kappa shape index (κ1) is 13.8. The fraction of sp³-hybridized carbons (Fsp3) is 0.429. The van der Waals surface area contributed by atoms with Gasteiger partial charge in [-0.05, 0) is 25.8 Å². The SMILES string of the molecule is C/C1=C\CC/C(O)=C/C=C\C=C/C1.CC. The van der Waals surface area contributed by atoms with Crippen molar-refractivity contribution >= 4 is 0 Å². The Kier molecular flexibility index (Phi) is 8.55. The van der Waals surface area contributed by atoms with Gasteiger partial charge in [0.15, 0.2) is 0 Å². The molecule has 0 heterocycles. The van der Waals surface area contributed by atoms with Crippen LogP contribution in [-0.2, 0) is 0 Å². The molecule has 0 aromatic heterocycles. The van der Waals surface area contributed by atoms with Crippen LogP contribution in [0.5, 0.6) is 0 Å². The number of allylic oxidation sites excluding steroid dienone is 8. The second-order valence-corrected chi connectivity index (χ2v) is 3.26. The topological polar surface area (TPSA) is 20.2 Å². The number of aliphatic hydroxyl groups is 1. The molecular weight excluding hydrogens is 184 g/mol. The minimum atomic E-state index is 0.454. The maximum Gasteiger partial charge on any atom is 0.0925 e. The van der Waals surface area contributed by atoms with Gasteiger partial charge in [0.2, 0.25) is 0 Å². The molecule has 0 unspecified atom stereocenters. The number of hydrogen-bond acceptors (Lipinski definition) is 1. The highest BCUT2D eigenvalue weighted by Crippen LogP contribution is 2.09. The highest BCUT2D eigenvalue weighted by atomic mass is 16.3. The lowest BCUT2D eigenvalue weighted by atomic mass is 10.1. The van der Waals surface area contributed by atoms with E-state index in [0.717, 1.165) is 19.3 Å². The van der Waals surface area contributed by atoms with Crippen LogP contribution in [-0.4, -0.2) is 5.11 Å². The summed E-state index contributed by atoms with van der Waals surface area (Å²) in [6, 6.07) is 0. The standard InChI is InChI=1S/C12H16O.C2H6/c1-11-7-4-2-3-5-9-12(13)10-6-8-11;1-2/h2-5,8-9,13H,6-7,10H2,1H3;1-2H3/b4-2-,5-3-,11-8+,12-9-;. The fourth-order valence-electron chi connectivity index (χ4n) is 1.20. The molecular formula is C14H22O. The van der Waals surface area contributed by atoms with E-state index >= 15 is 0 Å². The first-order valence-electron chi connectivity index (χ1n) is 5.66. The van der Waals surface area contributed by atoms with Gasteiger partial charge in [0.25, 0.3) is 0 Å². The van der Waals surface area contributed by atoms with Gasteiger partial charge in [-0.3, -0.25) is 0 Å². The third-order valence-corrected chi connectivity index (χ3v) is 1.98. The zero-order valence-electron chi connectivity index (χ0n) is 10.0. The molecule has 1 heteroatoms. The highest BCUT2D eigenvalue weighted by Gasteiger charge is 1.91. The Labute approximate surface area is 93.5 Å². The maximum absolute atomic E-state index is 9.37. The van der Waals surface area contributed by atoms with Crippen molar-refractivity contribution in [2.75, 3.05) is 0 Å². The van der Waals surface area contributed by atoms with Crippen molar-refractivity contribution in [2.45, 2.75) is 40.0 Å². The normalized spacial score (nSPS) is 27.9. The molecule has 1 rings (SSSR count). The summed E-state index contributed by atoms with van der Waals surface area (Å²) < 4.78 is 0. The van der Waals surface area contributed by atoms with Gasteiger partial charge in [-0.25, -0.2) is 0 Å². The van der Waals surface area contributed by atoms with E-state index in [4.69, 9.17) is 0 Å². The van der Waals surface area contributed by atoms with Crippen LogP contribution in [0.3, 0.4) is 0 Å². The van der Waals surface area contributed by atoms with Crippen molar-refractivity contribution in [3.63, 3.8) is 0 Å². The Hall–Kier alpha value is -1.24. The Morgan fingerprint density at radius 3 is 2.60 bits per heavy atom. The molecule has 0 radical (unpaired) electrons. The van der Waals surface area contributed by atoms with E-state index in [1.165, 1.54) is 5.57 Å². The Morgan fingerprint density at radius 2 is 1.87 bits per heavy atom. The zero-order valence-corrected chi connectivity index (χ0v) is 10.0. The summed E-state index contributed by atoms with van der Waals surface area (Å²) in [4.78, 5) is 0. The van der Waals surface area contributed by atoms with Crippen molar-refractivity contribution in [1.29, 1.82) is 0 Å². The summed E-state index contributed by atoms with van der Waals surface area (Å²) in [5.74, 6) is 0.454. The fourth-order valence-corrected chi connectivity index (χ4v) is 1.20. The predicted octanol–water partition coefficient (Wildman–Crippen LogP) is 4.70. The largest absolute Gasteiger partial charge is 0.512 e. The van der Waals surface area contributed by atoms with Crippen molar-refractivity contribution < 1.29 is 5.11 Å². The van der Waals surface area contributed by atoms with Crippen LogP contribution in [0.15, 0.2) is 47.8 Å². The average Bonchev–Trinajstić information content (AvgIpc) is 2.28. The molecule has 0 saturated heterocycles. The van der Waals surface area contributed by atoms with E-state index in [1.54, 1.807) is 6.08 Å². The highest BCUT2D eigenvalue weighted by molar-refractivity contribution is 5.16. The van der Waals surface area contributed by atoms with Gasteiger partial charge in [0.05, 0.1) is 5.76 Å². The van der Waals surface area contributed by atoms with Gasteiger partial charge in [0.1, 0.15) is 0 Å². The summed E-state index contributed by atoms with van der Waals surface area (Å²) in [5.41, 5.74) is 1.36.